The Morgan fingerprint density at radius 1 is 1.29 bits per heavy atom. The number of nitrogens with zero attached hydrogens (tertiary/aromatic N) is 3. The quantitative estimate of drug-likeness (QED) is 0.625. The predicted molar refractivity (Wildman–Crippen MR) is 92.8 cm³/mol. The molecule has 1 aromatic heterocycles. The van der Waals surface area contributed by atoms with Crippen molar-refractivity contribution < 1.29 is 13.2 Å². The monoisotopic (exact) mass is 382 g/mol. The minimum Gasteiger partial charge on any atom is -0.357 e. The van der Waals surface area contributed by atoms with Crippen molar-refractivity contribution in [3.63, 3.8) is 0 Å². The lowest BCUT2D eigenvalue weighted by atomic mass is 10.3. The third kappa shape index (κ3) is 6.49. The van der Waals surface area contributed by atoms with Crippen molar-refractivity contribution in [2.24, 2.45) is 4.99 Å². The summed E-state index contributed by atoms with van der Waals surface area (Å²) in [7, 11) is 0. The predicted octanol–water partition coefficient (Wildman–Crippen LogP) is 3.44. The first-order chi connectivity index (χ1) is 11.4. The summed E-state index contributed by atoms with van der Waals surface area (Å²) in [6, 6.07) is 3.93. The van der Waals surface area contributed by atoms with Gasteiger partial charge in [-0.15, -0.1) is 11.3 Å². The number of rotatable bonds is 5. The largest absolute Gasteiger partial charge is 0.390 e. The summed E-state index contributed by atoms with van der Waals surface area (Å²) in [5, 5.41) is 3.08. The average molecular weight is 383 g/mol. The highest BCUT2D eigenvalue weighted by Crippen LogP contribution is 2.23. The van der Waals surface area contributed by atoms with Crippen LogP contribution in [0.25, 0.3) is 0 Å². The van der Waals surface area contributed by atoms with Gasteiger partial charge in [0.1, 0.15) is 0 Å². The van der Waals surface area contributed by atoms with Gasteiger partial charge in [-0.25, -0.2) is 0 Å². The van der Waals surface area contributed by atoms with Crippen molar-refractivity contribution in [3.8, 4) is 0 Å². The van der Waals surface area contributed by atoms with Crippen LogP contribution in [0, 0.1) is 0 Å². The molecule has 1 fully saturated rings. The fraction of sp³-hybridized carbons (Fsp3) is 0.667. The molecule has 0 atom stereocenters. The number of piperazine rings is 1. The zero-order chi connectivity index (χ0) is 17.6. The Morgan fingerprint density at radius 3 is 2.54 bits per heavy atom. The zero-order valence-electron chi connectivity index (χ0n) is 13.6. The number of nitrogens with one attached hydrogen (secondary N) is 1. The summed E-state index contributed by atoms with van der Waals surface area (Å²) in [5.74, 6) is 0.570. The third-order valence-electron chi connectivity index (χ3n) is 3.67. The normalized spacial score (nSPS) is 17.4. The van der Waals surface area contributed by atoms with Gasteiger partial charge in [0.05, 0.1) is 17.3 Å². The topological polar surface area (TPSA) is 30.9 Å². The van der Waals surface area contributed by atoms with Gasteiger partial charge >= 0.3 is 6.18 Å². The molecule has 0 spiro atoms. The molecule has 1 saturated heterocycles. The van der Waals surface area contributed by atoms with Crippen LogP contribution in [0.4, 0.5) is 13.2 Å². The first kappa shape index (κ1) is 19.3. The minimum absolute atomic E-state index is 0.236. The van der Waals surface area contributed by atoms with Gasteiger partial charge < -0.3 is 10.2 Å². The Bertz CT molecular complexity index is 539. The summed E-state index contributed by atoms with van der Waals surface area (Å²) in [4.78, 5) is 9.68. The van der Waals surface area contributed by atoms with E-state index < -0.39 is 12.6 Å². The molecule has 4 nitrogen and oxygen atoms in total. The molecule has 1 aliphatic rings. The van der Waals surface area contributed by atoms with E-state index in [4.69, 9.17) is 11.6 Å². The highest BCUT2D eigenvalue weighted by Gasteiger charge is 2.26. The molecule has 136 valence electrons. The number of aliphatic imine (C=N–C) groups is 1. The van der Waals surface area contributed by atoms with E-state index in [-0.39, 0.29) is 6.54 Å². The fourth-order valence-corrected chi connectivity index (χ4v) is 3.62. The molecule has 2 heterocycles. The summed E-state index contributed by atoms with van der Waals surface area (Å²) >= 11 is 7.52. The minimum atomic E-state index is -4.17. The lowest BCUT2D eigenvalue weighted by Gasteiger charge is -2.36. The number of thiophene rings is 1. The summed E-state index contributed by atoms with van der Waals surface area (Å²) < 4.78 is 37.6. The van der Waals surface area contributed by atoms with Crippen LogP contribution in [0.1, 0.15) is 18.2 Å². The Kier molecular flexibility index (Phi) is 7.18. The number of hydrogen-bond acceptors (Lipinski definition) is 3. The average Bonchev–Trinajstić information content (AvgIpc) is 2.91. The molecule has 1 aliphatic heterocycles. The molecular weight excluding hydrogens is 361 g/mol. The number of hydrogen-bond donors (Lipinski definition) is 1. The van der Waals surface area contributed by atoms with Crippen LogP contribution in [0.15, 0.2) is 17.1 Å². The van der Waals surface area contributed by atoms with Crippen LogP contribution >= 0.6 is 22.9 Å². The van der Waals surface area contributed by atoms with Crippen molar-refractivity contribution in [2.45, 2.75) is 26.1 Å². The van der Waals surface area contributed by atoms with Gasteiger partial charge in [-0.2, -0.15) is 13.2 Å². The van der Waals surface area contributed by atoms with E-state index in [1.54, 1.807) is 11.3 Å². The van der Waals surface area contributed by atoms with Crippen molar-refractivity contribution in [1.82, 2.24) is 15.1 Å². The van der Waals surface area contributed by atoms with Gasteiger partial charge in [-0.05, 0) is 19.1 Å². The lowest BCUT2D eigenvalue weighted by Crippen LogP contribution is -2.52. The van der Waals surface area contributed by atoms with E-state index in [1.807, 2.05) is 24.0 Å². The molecule has 0 amide bonds. The van der Waals surface area contributed by atoms with Crippen molar-refractivity contribution in [1.29, 1.82) is 0 Å². The first-order valence-electron chi connectivity index (χ1n) is 7.94. The Morgan fingerprint density at radius 2 is 2.00 bits per heavy atom. The molecule has 9 heteroatoms. The van der Waals surface area contributed by atoms with Crippen LogP contribution in [0.3, 0.4) is 0 Å². The maximum atomic E-state index is 12.3. The van der Waals surface area contributed by atoms with Crippen LogP contribution in [-0.2, 0) is 6.54 Å². The Labute approximate surface area is 149 Å². The van der Waals surface area contributed by atoms with Gasteiger partial charge in [-0.1, -0.05) is 11.6 Å². The summed E-state index contributed by atoms with van der Waals surface area (Å²) in [5.41, 5.74) is 0. The summed E-state index contributed by atoms with van der Waals surface area (Å²) in [6.45, 7) is 6.36. The standard InChI is InChI=1S/C15H22ClF3N4S/c1-2-20-14(21-6-5-15(17,18)19)23-9-7-22(8-10-23)11-12-3-4-13(16)24-12/h3-4H,2,5-11H2,1H3,(H,20,21). The van der Waals surface area contributed by atoms with Gasteiger partial charge in [0, 0.05) is 44.1 Å². The Balaban J connectivity index is 1.84. The SMILES string of the molecule is CCNC(=NCCC(F)(F)F)N1CCN(Cc2ccc(Cl)s2)CC1. The van der Waals surface area contributed by atoms with Crippen LogP contribution in [0.5, 0.6) is 0 Å². The summed E-state index contributed by atoms with van der Waals surface area (Å²) in [6.07, 6.45) is -5.05. The maximum Gasteiger partial charge on any atom is 0.390 e. The number of guanidine groups is 1. The van der Waals surface area contributed by atoms with Crippen molar-refractivity contribution in [2.75, 3.05) is 39.3 Å². The van der Waals surface area contributed by atoms with Gasteiger partial charge in [-0.3, -0.25) is 9.89 Å². The number of halogens is 4. The molecule has 0 bridgehead atoms. The molecule has 2 rings (SSSR count). The van der Waals surface area contributed by atoms with Crippen molar-refractivity contribution >= 4 is 28.9 Å². The van der Waals surface area contributed by atoms with Gasteiger partial charge in [0.2, 0.25) is 0 Å². The highest BCUT2D eigenvalue weighted by molar-refractivity contribution is 7.16. The second kappa shape index (κ2) is 8.92. The third-order valence-corrected chi connectivity index (χ3v) is 4.89. The van der Waals surface area contributed by atoms with Crippen LogP contribution in [-0.4, -0.2) is 61.2 Å². The molecule has 0 saturated carbocycles. The molecule has 0 unspecified atom stereocenters. The van der Waals surface area contributed by atoms with E-state index >= 15 is 0 Å². The second-order valence-corrected chi connectivity index (χ2v) is 7.37. The molecule has 0 aliphatic carbocycles. The fourth-order valence-electron chi connectivity index (χ4n) is 2.49. The van der Waals surface area contributed by atoms with E-state index in [0.29, 0.717) is 12.5 Å². The van der Waals surface area contributed by atoms with E-state index in [9.17, 15) is 13.2 Å². The molecule has 0 aromatic carbocycles. The van der Waals surface area contributed by atoms with Crippen LogP contribution in [0.2, 0.25) is 4.34 Å². The second-order valence-electron chi connectivity index (χ2n) is 5.57. The van der Waals surface area contributed by atoms with Gasteiger partial charge in [0.25, 0.3) is 0 Å². The Hall–Kier alpha value is -0.990. The van der Waals surface area contributed by atoms with E-state index in [0.717, 1.165) is 37.1 Å². The first-order valence-corrected chi connectivity index (χ1v) is 9.13. The zero-order valence-corrected chi connectivity index (χ0v) is 15.1. The molecular formula is C15H22ClF3N4S. The number of alkyl halides is 3. The maximum absolute atomic E-state index is 12.3. The smallest absolute Gasteiger partial charge is 0.357 e. The molecule has 0 radical (unpaired) electrons. The molecule has 1 N–H and O–H groups in total. The van der Waals surface area contributed by atoms with E-state index in [1.165, 1.54) is 4.88 Å². The van der Waals surface area contributed by atoms with Crippen molar-refractivity contribution in [3.05, 3.63) is 21.3 Å². The van der Waals surface area contributed by atoms with E-state index in [2.05, 4.69) is 15.2 Å². The molecule has 1 aromatic rings. The van der Waals surface area contributed by atoms with Crippen LogP contribution < -0.4 is 5.32 Å². The highest BCUT2D eigenvalue weighted by atomic mass is 35.5. The molecule has 24 heavy (non-hydrogen) atoms. The lowest BCUT2D eigenvalue weighted by molar-refractivity contribution is -0.132. The van der Waals surface area contributed by atoms with Gasteiger partial charge in [0.15, 0.2) is 5.96 Å².